The van der Waals surface area contributed by atoms with E-state index in [9.17, 15) is 9.59 Å². The molecule has 6 nitrogen and oxygen atoms in total. The van der Waals surface area contributed by atoms with E-state index in [1.54, 1.807) is 25.1 Å². The van der Waals surface area contributed by atoms with Gasteiger partial charge in [0.05, 0.1) is 18.0 Å². The minimum atomic E-state index is -0.563. The molecule has 0 radical (unpaired) electrons. The summed E-state index contributed by atoms with van der Waals surface area (Å²) >= 11 is 0. The van der Waals surface area contributed by atoms with Gasteiger partial charge < -0.3 is 15.8 Å². The van der Waals surface area contributed by atoms with Gasteiger partial charge in [-0.3, -0.25) is 4.79 Å². The fraction of sp³-hybridized carbons (Fsp3) is 0.188. The number of aryl methyl sites for hydroxylation is 1. The van der Waals surface area contributed by atoms with Crippen molar-refractivity contribution in [3.05, 3.63) is 53.3 Å². The third-order valence-corrected chi connectivity index (χ3v) is 2.92. The summed E-state index contributed by atoms with van der Waals surface area (Å²) in [5, 5.41) is 2.67. The lowest BCUT2D eigenvalue weighted by molar-refractivity contribution is 0.0519. The minimum Gasteiger partial charge on any atom is -0.461 e. The van der Waals surface area contributed by atoms with E-state index in [0.717, 1.165) is 5.56 Å². The molecule has 2 rings (SSSR count). The van der Waals surface area contributed by atoms with E-state index in [4.69, 9.17) is 10.5 Å². The quantitative estimate of drug-likeness (QED) is 0.668. The van der Waals surface area contributed by atoms with Crippen LogP contribution in [0.15, 0.2) is 36.4 Å². The molecule has 0 aliphatic rings. The topological polar surface area (TPSA) is 94.3 Å². The van der Waals surface area contributed by atoms with Crippen LogP contribution < -0.4 is 11.1 Å². The number of nitrogens with two attached hydrogens (primary N) is 1. The summed E-state index contributed by atoms with van der Waals surface area (Å²) in [6.07, 6.45) is 0. The molecule has 1 amide bonds. The van der Waals surface area contributed by atoms with E-state index in [-0.39, 0.29) is 18.0 Å². The number of amides is 1. The predicted molar refractivity (Wildman–Crippen MR) is 83.7 cm³/mol. The SMILES string of the molecule is CCOC(=O)c1cccc(C(=O)Nc2ccc(C)cc2N)n1. The van der Waals surface area contributed by atoms with Crippen molar-refractivity contribution in [3.63, 3.8) is 0 Å². The number of ether oxygens (including phenoxy) is 1. The van der Waals surface area contributed by atoms with Crippen LogP contribution in [-0.4, -0.2) is 23.5 Å². The van der Waals surface area contributed by atoms with Crippen LogP contribution in [0.3, 0.4) is 0 Å². The van der Waals surface area contributed by atoms with Crippen LogP contribution in [0.5, 0.6) is 0 Å². The van der Waals surface area contributed by atoms with Gasteiger partial charge in [0, 0.05) is 0 Å². The summed E-state index contributed by atoms with van der Waals surface area (Å²) in [6.45, 7) is 3.86. The van der Waals surface area contributed by atoms with E-state index in [2.05, 4.69) is 10.3 Å². The standard InChI is InChI=1S/C16H17N3O3/c1-3-22-16(21)14-6-4-5-13(18-14)15(20)19-12-8-7-10(2)9-11(12)17/h4-9H,3,17H2,1-2H3,(H,19,20). The van der Waals surface area contributed by atoms with Gasteiger partial charge in [-0.1, -0.05) is 12.1 Å². The summed E-state index contributed by atoms with van der Waals surface area (Å²) in [6, 6.07) is 9.91. The van der Waals surface area contributed by atoms with Crippen LogP contribution in [0.1, 0.15) is 33.5 Å². The molecule has 1 heterocycles. The van der Waals surface area contributed by atoms with Gasteiger partial charge in [-0.25, -0.2) is 9.78 Å². The summed E-state index contributed by atoms with van der Waals surface area (Å²) in [5.74, 6) is -1.01. The molecule has 114 valence electrons. The Kier molecular flexibility index (Phi) is 4.73. The average Bonchev–Trinajstić information content (AvgIpc) is 2.50. The molecule has 0 aliphatic carbocycles. The normalized spacial score (nSPS) is 10.1. The maximum atomic E-state index is 12.2. The fourth-order valence-corrected chi connectivity index (χ4v) is 1.86. The third kappa shape index (κ3) is 3.60. The van der Waals surface area contributed by atoms with Crippen molar-refractivity contribution < 1.29 is 14.3 Å². The van der Waals surface area contributed by atoms with Gasteiger partial charge in [-0.15, -0.1) is 0 Å². The van der Waals surface area contributed by atoms with Gasteiger partial charge in [-0.2, -0.15) is 0 Å². The second-order valence-corrected chi connectivity index (χ2v) is 4.67. The van der Waals surface area contributed by atoms with Gasteiger partial charge in [0.2, 0.25) is 0 Å². The molecular formula is C16H17N3O3. The Bertz CT molecular complexity index is 714. The first kappa shape index (κ1) is 15.5. The molecule has 0 aliphatic heterocycles. The molecule has 0 spiro atoms. The molecule has 1 aromatic carbocycles. The number of anilines is 2. The molecular weight excluding hydrogens is 282 g/mol. The van der Waals surface area contributed by atoms with Crippen molar-refractivity contribution in [1.29, 1.82) is 0 Å². The summed E-state index contributed by atoms with van der Waals surface area (Å²) < 4.78 is 4.86. The number of esters is 1. The maximum absolute atomic E-state index is 12.2. The van der Waals surface area contributed by atoms with Crippen LogP contribution in [0, 0.1) is 6.92 Å². The Morgan fingerprint density at radius 1 is 1.23 bits per heavy atom. The highest BCUT2D eigenvalue weighted by molar-refractivity contribution is 6.05. The monoisotopic (exact) mass is 299 g/mol. The number of hydrogen-bond acceptors (Lipinski definition) is 5. The molecule has 0 saturated heterocycles. The molecule has 22 heavy (non-hydrogen) atoms. The van der Waals surface area contributed by atoms with Crippen LogP contribution in [0.4, 0.5) is 11.4 Å². The lowest BCUT2D eigenvalue weighted by Crippen LogP contribution is -2.17. The van der Waals surface area contributed by atoms with Crippen LogP contribution >= 0.6 is 0 Å². The number of pyridine rings is 1. The Hall–Kier alpha value is -2.89. The summed E-state index contributed by atoms with van der Waals surface area (Å²) in [5.41, 5.74) is 8.03. The van der Waals surface area contributed by atoms with Crippen molar-refractivity contribution in [2.24, 2.45) is 0 Å². The highest BCUT2D eigenvalue weighted by Crippen LogP contribution is 2.20. The molecule has 2 aromatic rings. The van der Waals surface area contributed by atoms with Gasteiger partial charge in [-0.05, 0) is 43.7 Å². The molecule has 0 fully saturated rings. The number of carbonyl (C=O) groups is 2. The van der Waals surface area contributed by atoms with Crippen molar-refractivity contribution in [3.8, 4) is 0 Å². The second kappa shape index (κ2) is 6.71. The van der Waals surface area contributed by atoms with Crippen molar-refractivity contribution in [2.75, 3.05) is 17.7 Å². The lowest BCUT2D eigenvalue weighted by Gasteiger charge is -2.09. The van der Waals surface area contributed by atoms with Gasteiger partial charge in [0.25, 0.3) is 5.91 Å². The Labute approximate surface area is 128 Å². The number of nitrogen functional groups attached to an aromatic ring is 1. The van der Waals surface area contributed by atoms with Crippen molar-refractivity contribution >= 4 is 23.3 Å². The third-order valence-electron chi connectivity index (χ3n) is 2.92. The molecule has 0 saturated carbocycles. The highest BCUT2D eigenvalue weighted by Gasteiger charge is 2.14. The number of rotatable bonds is 4. The smallest absolute Gasteiger partial charge is 0.356 e. The van der Waals surface area contributed by atoms with Crippen LogP contribution in [0.25, 0.3) is 0 Å². The molecule has 0 atom stereocenters. The zero-order valence-corrected chi connectivity index (χ0v) is 12.4. The zero-order valence-electron chi connectivity index (χ0n) is 12.4. The van der Waals surface area contributed by atoms with Gasteiger partial charge >= 0.3 is 5.97 Å². The first-order valence-corrected chi connectivity index (χ1v) is 6.83. The first-order valence-electron chi connectivity index (χ1n) is 6.83. The van der Waals surface area contributed by atoms with Gasteiger partial charge in [0.1, 0.15) is 11.4 Å². The van der Waals surface area contributed by atoms with E-state index in [1.165, 1.54) is 12.1 Å². The second-order valence-electron chi connectivity index (χ2n) is 4.67. The Morgan fingerprint density at radius 3 is 2.64 bits per heavy atom. The van der Waals surface area contributed by atoms with E-state index in [1.807, 2.05) is 13.0 Å². The molecule has 6 heteroatoms. The van der Waals surface area contributed by atoms with Crippen molar-refractivity contribution in [2.45, 2.75) is 13.8 Å². The number of carbonyl (C=O) groups excluding carboxylic acids is 2. The van der Waals surface area contributed by atoms with E-state index in [0.29, 0.717) is 11.4 Å². The maximum Gasteiger partial charge on any atom is 0.356 e. The molecule has 1 aromatic heterocycles. The van der Waals surface area contributed by atoms with E-state index >= 15 is 0 Å². The molecule has 3 N–H and O–H groups in total. The van der Waals surface area contributed by atoms with Crippen molar-refractivity contribution in [1.82, 2.24) is 4.98 Å². The summed E-state index contributed by atoms with van der Waals surface area (Å²) in [7, 11) is 0. The van der Waals surface area contributed by atoms with Gasteiger partial charge in [0.15, 0.2) is 0 Å². The largest absolute Gasteiger partial charge is 0.461 e. The first-order chi connectivity index (χ1) is 10.5. The fourth-order valence-electron chi connectivity index (χ4n) is 1.86. The summed E-state index contributed by atoms with van der Waals surface area (Å²) in [4.78, 5) is 27.8. The Morgan fingerprint density at radius 2 is 1.95 bits per heavy atom. The predicted octanol–water partition coefficient (Wildman–Crippen LogP) is 2.40. The molecule has 0 bridgehead atoms. The van der Waals surface area contributed by atoms with E-state index < -0.39 is 11.9 Å². The number of nitrogens with zero attached hydrogens (tertiary/aromatic N) is 1. The zero-order chi connectivity index (χ0) is 16.1. The molecule has 0 unspecified atom stereocenters. The number of aromatic nitrogens is 1. The highest BCUT2D eigenvalue weighted by atomic mass is 16.5. The number of benzene rings is 1. The Balaban J connectivity index is 2.19. The number of hydrogen-bond donors (Lipinski definition) is 2. The lowest BCUT2D eigenvalue weighted by atomic mass is 10.2. The number of nitrogens with one attached hydrogen (secondary N) is 1. The minimum absolute atomic E-state index is 0.0892. The van der Waals surface area contributed by atoms with Crippen LogP contribution in [-0.2, 0) is 4.74 Å². The average molecular weight is 299 g/mol. The van der Waals surface area contributed by atoms with Crippen LogP contribution in [0.2, 0.25) is 0 Å².